The number of thiocarbonyl (C=S) groups is 1. The van der Waals surface area contributed by atoms with Gasteiger partial charge in [0, 0.05) is 40.8 Å². The van der Waals surface area contributed by atoms with E-state index in [4.69, 9.17) is 40.4 Å². The average Bonchev–Trinajstić information content (AvgIpc) is 3.19. The lowest BCUT2D eigenvalue weighted by atomic mass is 10.00. The van der Waals surface area contributed by atoms with Crippen LogP contribution in [-0.2, 0) is 11.3 Å². The molecular weight excluding hydrogens is 467 g/mol. The molecule has 3 aromatic rings. The number of hydrogen-bond acceptors (Lipinski definition) is 4. The van der Waals surface area contributed by atoms with Gasteiger partial charge in [0.1, 0.15) is 5.82 Å². The number of carbonyl (C=O) groups excluding carboxylic acids is 1. The Morgan fingerprint density at radius 2 is 1.94 bits per heavy atom. The monoisotopic (exact) mass is 486 g/mol. The van der Waals surface area contributed by atoms with Gasteiger partial charge in [0.05, 0.1) is 17.6 Å². The number of halogens is 2. The Morgan fingerprint density at radius 1 is 1.16 bits per heavy atom. The molecular formula is C22H20Cl2N6OS. The van der Waals surface area contributed by atoms with Crippen LogP contribution in [0.2, 0.25) is 10.0 Å². The summed E-state index contributed by atoms with van der Waals surface area (Å²) in [5.74, 6) is 0.438. The topological polar surface area (TPSA) is 74.6 Å². The molecule has 0 radical (unpaired) electrons. The van der Waals surface area contributed by atoms with E-state index in [1.54, 1.807) is 48.3 Å². The summed E-state index contributed by atoms with van der Waals surface area (Å²) in [4.78, 5) is 19.6. The summed E-state index contributed by atoms with van der Waals surface area (Å²) in [5, 5.41) is 11.6. The van der Waals surface area contributed by atoms with E-state index in [9.17, 15) is 4.79 Å². The molecule has 0 bridgehead atoms. The van der Waals surface area contributed by atoms with Crippen molar-refractivity contribution in [2.24, 2.45) is 4.99 Å². The maximum absolute atomic E-state index is 13.3. The predicted octanol–water partition coefficient (Wildman–Crippen LogP) is 4.34. The number of aliphatic imine (C=N–C) groups is 1. The van der Waals surface area contributed by atoms with Gasteiger partial charge in [-0.25, -0.2) is 9.67 Å². The highest BCUT2D eigenvalue weighted by Gasteiger charge is 2.31. The van der Waals surface area contributed by atoms with Crippen molar-refractivity contribution in [1.29, 1.82) is 0 Å². The Labute approximate surface area is 201 Å². The van der Waals surface area contributed by atoms with Gasteiger partial charge in [0.15, 0.2) is 5.11 Å². The van der Waals surface area contributed by atoms with Crippen LogP contribution in [0.4, 0.5) is 11.5 Å². The number of amides is 1. The van der Waals surface area contributed by atoms with Gasteiger partial charge < -0.3 is 15.5 Å². The lowest BCUT2D eigenvalue weighted by Crippen LogP contribution is -2.47. The van der Waals surface area contributed by atoms with Crippen molar-refractivity contribution in [3.63, 3.8) is 0 Å². The summed E-state index contributed by atoms with van der Waals surface area (Å²) >= 11 is 18.2. The number of aromatic nitrogens is 2. The van der Waals surface area contributed by atoms with Crippen molar-refractivity contribution in [2.75, 3.05) is 17.3 Å². The molecule has 0 saturated carbocycles. The Hall–Kier alpha value is -2.94. The summed E-state index contributed by atoms with van der Waals surface area (Å²) in [6, 6.07) is 14.4. The van der Waals surface area contributed by atoms with Gasteiger partial charge >= 0.3 is 0 Å². The normalized spacial score (nSPS) is 15.6. The molecule has 1 amide bonds. The van der Waals surface area contributed by atoms with Crippen LogP contribution in [0.3, 0.4) is 0 Å². The van der Waals surface area contributed by atoms with Crippen molar-refractivity contribution < 1.29 is 4.79 Å². The molecule has 164 valence electrons. The van der Waals surface area contributed by atoms with Gasteiger partial charge in [0.2, 0.25) is 6.17 Å². The molecule has 2 aromatic carbocycles. The number of nitrogens with zero attached hydrogens (tertiary/aromatic N) is 4. The van der Waals surface area contributed by atoms with E-state index in [-0.39, 0.29) is 11.0 Å². The minimum absolute atomic E-state index is 0.248. The van der Waals surface area contributed by atoms with Gasteiger partial charge in [0.25, 0.3) is 5.91 Å². The van der Waals surface area contributed by atoms with Gasteiger partial charge in [-0.2, -0.15) is 5.10 Å². The highest BCUT2D eigenvalue weighted by molar-refractivity contribution is 7.80. The van der Waals surface area contributed by atoms with E-state index in [0.717, 1.165) is 0 Å². The molecule has 1 aliphatic rings. The van der Waals surface area contributed by atoms with Gasteiger partial charge in [-0.05, 0) is 43.4 Å². The molecule has 2 N–H and O–H groups in total. The van der Waals surface area contributed by atoms with E-state index >= 15 is 0 Å². The third kappa shape index (κ3) is 4.34. The lowest BCUT2D eigenvalue weighted by Gasteiger charge is -2.22. The molecule has 1 atom stereocenters. The number of nitrogens with one attached hydrogen (secondary N) is 2. The van der Waals surface area contributed by atoms with Gasteiger partial charge in [-0.1, -0.05) is 41.4 Å². The second-order valence-corrected chi connectivity index (χ2v) is 8.30. The zero-order valence-electron chi connectivity index (χ0n) is 17.3. The van der Waals surface area contributed by atoms with Gasteiger partial charge in [-0.3, -0.25) is 4.79 Å². The van der Waals surface area contributed by atoms with Crippen LogP contribution in [0.5, 0.6) is 0 Å². The summed E-state index contributed by atoms with van der Waals surface area (Å²) in [5.41, 5.74) is 2.61. The second-order valence-electron chi connectivity index (χ2n) is 7.05. The van der Waals surface area contributed by atoms with Crippen LogP contribution in [0, 0.1) is 0 Å². The van der Waals surface area contributed by atoms with Crippen molar-refractivity contribution in [3.8, 4) is 0 Å². The maximum Gasteiger partial charge on any atom is 0.272 e. The smallest absolute Gasteiger partial charge is 0.272 e. The van der Waals surface area contributed by atoms with Crippen molar-refractivity contribution in [2.45, 2.75) is 19.6 Å². The number of fused-ring (bicyclic) bond motifs is 1. The number of hydrogen-bond donors (Lipinski definition) is 2. The number of benzodiazepines with no additional fused rings is 1. The summed E-state index contributed by atoms with van der Waals surface area (Å²) in [6.45, 7) is 2.65. The molecule has 4 rings (SSSR count). The molecule has 0 saturated heterocycles. The van der Waals surface area contributed by atoms with Crippen LogP contribution in [-0.4, -0.2) is 39.7 Å². The summed E-state index contributed by atoms with van der Waals surface area (Å²) in [6.07, 6.45) is 0.697. The molecule has 32 heavy (non-hydrogen) atoms. The zero-order chi connectivity index (χ0) is 22.8. The Balaban J connectivity index is 1.75. The molecule has 2 heterocycles. The van der Waals surface area contributed by atoms with E-state index in [2.05, 4.69) is 15.7 Å². The third-order valence-electron chi connectivity index (χ3n) is 5.05. The van der Waals surface area contributed by atoms with Crippen molar-refractivity contribution in [1.82, 2.24) is 15.1 Å². The number of benzene rings is 2. The molecule has 1 aliphatic heterocycles. The summed E-state index contributed by atoms with van der Waals surface area (Å²) < 4.78 is 1.76. The number of carbonyl (C=O) groups is 1. The average molecular weight is 487 g/mol. The largest absolute Gasteiger partial charge is 0.333 e. The quantitative estimate of drug-likeness (QED) is 0.536. The molecule has 1 unspecified atom stereocenters. The van der Waals surface area contributed by atoms with Crippen LogP contribution in [0.15, 0.2) is 59.7 Å². The first kappa shape index (κ1) is 22.3. The highest BCUT2D eigenvalue weighted by Crippen LogP contribution is 2.31. The molecule has 0 aliphatic carbocycles. The fourth-order valence-corrected chi connectivity index (χ4v) is 4.09. The standard InChI is InChI=1S/C22H20Cl2N6OS/c1-3-30-18(10-11-25-30)26-22(32)28-20-21(31)29(2)17-9-8-13(23)12-15(17)19(27-20)14-6-4-5-7-16(14)24/h4-12,20H,3H2,1-2H3,(H2,26,28,32). The van der Waals surface area contributed by atoms with E-state index in [1.165, 1.54) is 4.90 Å². The van der Waals surface area contributed by atoms with E-state index < -0.39 is 6.17 Å². The lowest BCUT2D eigenvalue weighted by molar-refractivity contribution is -0.119. The van der Waals surface area contributed by atoms with Crippen LogP contribution < -0.4 is 15.5 Å². The second kappa shape index (κ2) is 9.28. The first-order valence-electron chi connectivity index (χ1n) is 9.88. The molecule has 1 aromatic heterocycles. The SMILES string of the molecule is CCn1nccc1NC(=S)NC1N=C(c2ccccc2Cl)c2cc(Cl)ccc2N(C)C1=O. The fraction of sp³-hybridized carbons (Fsp3) is 0.182. The Morgan fingerprint density at radius 3 is 2.69 bits per heavy atom. The molecule has 0 spiro atoms. The van der Waals surface area contributed by atoms with E-state index in [0.29, 0.717) is 44.9 Å². The maximum atomic E-state index is 13.3. The van der Waals surface area contributed by atoms with Crippen molar-refractivity contribution >= 4 is 63.7 Å². The summed E-state index contributed by atoms with van der Waals surface area (Å²) in [7, 11) is 1.69. The number of rotatable bonds is 4. The fourth-order valence-electron chi connectivity index (χ4n) is 3.48. The molecule has 7 nitrogen and oxygen atoms in total. The number of aryl methyl sites for hydroxylation is 1. The first-order valence-corrected chi connectivity index (χ1v) is 11.0. The van der Waals surface area contributed by atoms with Gasteiger partial charge in [-0.15, -0.1) is 0 Å². The molecule has 10 heteroatoms. The number of anilines is 2. The minimum Gasteiger partial charge on any atom is -0.333 e. The van der Waals surface area contributed by atoms with E-state index in [1.807, 2.05) is 25.1 Å². The van der Waals surface area contributed by atoms with Crippen LogP contribution in [0.1, 0.15) is 18.1 Å². The first-order chi connectivity index (χ1) is 15.4. The highest BCUT2D eigenvalue weighted by atomic mass is 35.5. The predicted molar refractivity (Wildman–Crippen MR) is 133 cm³/mol. The minimum atomic E-state index is -0.976. The zero-order valence-corrected chi connectivity index (χ0v) is 19.7. The Bertz CT molecular complexity index is 1220. The van der Waals surface area contributed by atoms with Crippen molar-refractivity contribution in [3.05, 3.63) is 75.9 Å². The molecule has 0 fully saturated rings. The van der Waals surface area contributed by atoms with Crippen LogP contribution >= 0.6 is 35.4 Å². The Kier molecular flexibility index (Phi) is 6.45. The number of likely N-dealkylation sites (N-methyl/N-ethyl adjacent to an activating group) is 1. The van der Waals surface area contributed by atoms with Crippen LogP contribution in [0.25, 0.3) is 0 Å². The third-order valence-corrected chi connectivity index (χ3v) is 5.84.